The number of aromatic nitrogens is 5. The summed E-state index contributed by atoms with van der Waals surface area (Å²) in [7, 11) is 1.44. The number of pyridine rings is 1. The van der Waals surface area contributed by atoms with Gasteiger partial charge in [-0.15, -0.1) is 0 Å². The van der Waals surface area contributed by atoms with E-state index in [2.05, 4.69) is 20.1 Å². The quantitative estimate of drug-likeness (QED) is 0.569. The van der Waals surface area contributed by atoms with E-state index in [1.54, 1.807) is 35.1 Å². The number of rotatable bonds is 4. The predicted octanol–water partition coefficient (Wildman–Crippen LogP) is 2.25. The van der Waals surface area contributed by atoms with Crippen molar-refractivity contribution in [2.45, 2.75) is 6.54 Å². The number of hydrogen-bond donors (Lipinski definition) is 2. The van der Waals surface area contributed by atoms with Gasteiger partial charge >= 0.3 is 0 Å². The second-order valence-electron chi connectivity index (χ2n) is 5.82. The Morgan fingerprint density at radius 2 is 1.81 bits per heavy atom. The zero-order valence-corrected chi connectivity index (χ0v) is 14.4. The van der Waals surface area contributed by atoms with Crippen LogP contribution in [-0.2, 0) is 6.54 Å². The smallest absolute Gasteiger partial charge is 0.203 e. The Morgan fingerprint density at radius 3 is 2.52 bits per heavy atom. The predicted molar refractivity (Wildman–Crippen MR) is 99.4 cm³/mol. The number of halogens is 1. The van der Waals surface area contributed by atoms with Crippen LogP contribution in [0.1, 0.15) is 5.56 Å². The third kappa shape index (κ3) is 2.88. The number of methoxy groups -OCH3 is 1. The van der Waals surface area contributed by atoms with Crippen LogP contribution in [-0.4, -0.2) is 31.8 Å². The number of nitrogens with two attached hydrogens (primary N) is 2. The average molecular weight is 365 g/mol. The molecule has 0 spiro atoms. The van der Waals surface area contributed by atoms with Gasteiger partial charge in [-0.25, -0.2) is 24.0 Å². The number of nitrogens with zero attached hydrogens (tertiary/aromatic N) is 5. The van der Waals surface area contributed by atoms with Gasteiger partial charge in [0.1, 0.15) is 11.5 Å². The molecule has 9 heteroatoms. The fraction of sp³-hybridized carbons (Fsp3) is 0.111. The van der Waals surface area contributed by atoms with E-state index in [0.717, 1.165) is 0 Å². The number of ether oxygens (including phenoxy) is 1. The second kappa shape index (κ2) is 6.52. The third-order valence-corrected chi connectivity index (χ3v) is 4.12. The Bertz CT molecular complexity index is 1120. The highest BCUT2D eigenvalue weighted by molar-refractivity contribution is 5.89. The van der Waals surface area contributed by atoms with Crippen molar-refractivity contribution in [3.8, 4) is 17.3 Å². The largest absolute Gasteiger partial charge is 0.490 e. The summed E-state index contributed by atoms with van der Waals surface area (Å²) < 4.78 is 20.8. The van der Waals surface area contributed by atoms with Crippen molar-refractivity contribution in [1.82, 2.24) is 24.7 Å². The summed E-state index contributed by atoms with van der Waals surface area (Å²) in [4.78, 5) is 12.9. The standard InChI is InChI=1S/C18H16FN7O/c1-27-14-15(20)23-17(24-16(14)21)13-11-6-4-8-22-18(11)26(25-13)9-10-5-2-3-7-12(10)19/h2-8H,9H2,1H3,(H4,20,21,23,24). The summed E-state index contributed by atoms with van der Waals surface area (Å²) in [5, 5.41) is 5.25. The van der Waals surface area contributed by atoms with Gasteiger partial charge in [0.25, 0.3) is 0 Å². The van der Waals surface area contributed by atoms with Crippen LogP contribution in [0, 0.1) is 5.82 Å². The van der Waals surface area contributed by atoms with E-state index < -0.39 is 0 Å². The van der Waals surface area contributed by atoms with E-state index in [4.69, 9.17) is 16.2 Å². The molecule has 136 valence electrons. The van der Waals surface area contributed by atoms with Gasteiger partial charge in [-0.1, -0.05) is 18.2 Å². The average Bonchev–Trinajstić information content (AvgIpc) is 3.02. The highest BCUT2D eigenvalue weighted by atomic mass is 19.1. The highest BCUT2D eigenvalue weighted by Crippen LogP contribution is 2.31. The molecular formula is C18H16FN7O. The Balaban J connectivity index is 1.87. The topological polar surface area (TPSA) is 118 Å². The SMILES string of the molecule is COc1c(N)nc(-c2nn(Cc3ccccc3F)c3ncccc23)nc1N. The zero-order valence-electron chi connectivity index (χ0n) is 14.4. The number of nitrogen functional groups attached to an aromatic ring is 2. The maximum absolute atomic E-state index is 14.1. The van der Waals surface area contributed by atoms with Gasteiger partial charge in [0.05, 0.1) is 19.0 Å². The van der Waals surface area contributed by atoms with Crippen molar-refractivity contribution in [1.29, 1.82) is 0 Å². The first kappa shape index (κ1) is 16.7. The van der Waals surface area contributed by atoms with Crippen LogP contribution in [0.4, 0.5) is 16.0 Å². The Kier molecular flexibility index (Phi) is 4.03. The molecule has 0 saturated heterocycles. The van der Waals surface area contributed by atoms with E-state index in [-0.39, 0.29) is 35.6 Å². The van der Waals surface area contributed by atoms with Gasteiger partial charge in [-0.3, -0.25) is 0 Å². The Labute approximate surface area is 153 Å². The number of benzene rings is 1. The van der Waals surface area contributed by atoms with Crippen LogP contribution in [0.3, 0.4) is 0 Å². The molecule has 8 nitrogen and oxygen atoms in total. The molecule has 3 aromatic heterocycles. The number of hydrogen-bond acceptors (Lipinski definition) is 7. The molecule has 0 amide bonds. The molecule has 4 aromatic rings. The van der Waals surface area contributed by atoms with Crippen molar-refractivity contribution < 1.29 is 9.13 Å². The van der Waals surface area contributed by atoms with Crippen molar-refractivity contribution in [3.63, 3.8) is 0 Å². The molecule has 0 unspecified atom stereocenters. The van der Waals surface area contributed by atoms with Crippen molar-refractivity contribution in [3.05, 3.63) is 54.0 Å². The summed E-state index contributed by atoms with van der Waals surface area (Å²) in [5.74, 6) is 0.372. The summed E-state index contributed by atoms with van der Waals surface area (Å²) in [6.07, 6.45) is 1.64. The molecule has 1 aromatic carbocycles. The Morgan fingerprint density at radius 1 is 1.07 bits per heavy atom. The summed E-state index contributed by atoms with van der Waals surface area (Å²) >= 11 is 0. The van der Waals surface area contributed by atoms with Crippen molar-refractivity contribution in [2.75, 3.05) is 18.6 Å². The minimum atomic E-state index is -0.312. The molecule has 0 aliphatic heterocycles. The van der Waals surface area contributed by atoms with Gasteiger partial charge in [-0.05, 0) is 18.2 Å². The first-order chi connectivity index (χ1) is 13.1. The van der Waals surface area contributed by atoms with Gasteiger partial charge < -0.3 is 16.2 Å². The van der Waals surface area contributed by atoms with Gasteiger partial charge in [0.15, 0.2) is 23.1 Å². The van der Waals surface area contributed by atoms with Gasteiger partial charge in [0.2, 0.25) is 5.75 Å². The molecule has 0 fully saturated rings. The zero-order chi connectivity index (χ0) is 19.0. The lowest BCUT2D eigenvalue weighted by molar-refractivity contribution is 0.416. The second-order valence-corrected chi connectivity index (χ2v) is 5.82. The fourth-order valence-corrected chi connectivity index (χ4v) is 2.87. The molecule has 0 radical (unpaired) electrons. The molecule has 4 rings (SSSR count). The van der Waals surface area contributed by atoms with Crippen LogP contribution < -0.4 is 16.2 Å². The van der Waals surface area contributed by atoms with Gasteiger partial charge in [0, 0.05) is 11.8 Å². The Hall–Kier alpha value is -3.75. The van der Waals surface area contributed by atoms with E-state index >= 15 is 0 Å². The lowest BCUT2D eigenvalue weighted by Crippen LogP contribution is -2.06. The van der Waals surface area contributed by atoms with Crippen LogP contribution in [0.2, 0.25) is 0 Å². The molecule has 0 aliphatic carbocycles. The maximum Gasteiger partial charge on any atom is 0.203 e. The maximum atomic E-state index is 14.1. The lowest BCUT2D eigenvalue weighted by atomic mass is 10.2. The third-order valence-electron chi connectivity index (χ3n) is 4.12. The summed E-state index contributed by atoms with van der Waals surface area (Å²) in [6.45, 7) is 0.210. The van der Waals surface area contributed by atoms with E-state index in [9.17, 15) is 4.39 Å². The number of anilines is 2. The highest BCUT2D eigenvalue weighted by Gasteiger charge is 2.19. The molecule has 4 N–H and O–H groups in total. The van der Waals surface area contributed by atoms with Crippen LogP contribution in [0.5, 0.6) is 5.75 Å². The molecule has 0 bridgehead atoms. The molecule has 0 aliphatic rings. The number of fused-ring (bicyclic) bond motifs is 1. The van der Waals surface area contributed by atoms with Crippen LogP contribution in [0.25, 0.3) is 22.6 Å². The van der Waals surface area contributed by atoms with Crippen LogP contribution >= 0.6 is 0 Å². The van der Waals surface area contributed by atoms with E-state index in [1.165, 1.54) is 13.2 Å². The van der Waals surface area contributed by atoms with Crippen LogP contribution in [0.15, 0.2) is 42.6 Å². The van der Waals surface area contributed by atoms with E-state index in [0.29, 0.717) is 22.3 Å². The first-order valence-corrected chi connectivity index (χ1v) is 8.10. The normalized spacial score (nSPS) is 11.0. The molecule has 27 heavy (non-hydrogen) atoms. The van der Waals surface area contributed by atoms with Crippen molar-refractivity contribution in [2.24, 2.45) is 0 Å². The fourth-order valence-electron chi connectivity index (χ4n) is 2.87. The minimum Gasteiger partial charge on any atom is -0.490 e. The summed E-state index contributed by atoms with van der Waals surface area (Å²) in [6, 6.07) is 10.1. The first-order valence-electron chi connectivity index (χ1n) is 8.10. The molecular weight excluding hydrogens is 349 g/mol. The van der Waals surface area contributed by atoms with E-state index in [1.807, 2.05) is 6.07 Å². The summed E-state index contributed by atoms with van der Waals surface area (Å²) in [5.41, 5.74) is 13.3. The molecule has 0 saturated carbocycles. The molecule has 3 heterocycles. The van der Waals surface area contributed by atoms with Gasteiger partial charge in [-0.2, -0.15) is 5.10 Å². The molecule has 0 atom stereocenters. The lowest BCUT2D eigenvalue weighted by Gasteiger charge is -2.07. The monoisotopic (exact) mass is 365 g/mol. The van der Waals surface area contributed by atoms with Crippen molar-refractivity contribution >= 4 is 22.7 Å². The minimum absolute atomic E-state index is 0.112.